The summed E-state index contributed by atoms with van der Waals surface area (Å²) in [6.45, 7) is 5.57. The predicted molar refractivity (Wildman–Crippen MR) is 74.7 cm³/mol. The minimum Gasteiger partial charge on any atom is -0.481 e. The van der Waals surface area contributed by atoms with E-state index < -0.39 is 5.97 Å². The zero-order valence-electron chi connectivity index (χ0n) is 12.0. The van der Waals surface area contributed by atoms with Crippen molar-refractivity contribution in [3.8, 4) is 0 Å². The third kappa shape index (κ3) is 6.39. The fraction of sp³-hybridized carbons (Fsp3) is 0.933. The lowest BCUT2D eigenvalue weighted by atomic mass is 9.93. The molecular formula is C15H29NO2. The number of carbonyl (C=O) groups is 1. The van der Waals surface area contributed by atoms with Crippen molar-refractivity contribution in [2.24, 2.45) is 11.8 Å². The first-order valence-corrected chi connectivity index (χ1v) is 7.54. The van der Waals surface area contributed by atoms with Crippen LogP contribution >= 0.6 is 0 Å². The number of hydrogen-bond acceptors (Lipinski definition) is 2. The first kappa shape index (κ1) is 15.5. The Balaban J connectivity index is 2.10. The lowest BCUT2D eigenvalue weighted by molar-refractivity contribution is -0.137. The molecule has 0 aromatic heterocycles. The van der Waals surface area contributed by atoms with Crippen molar-refractivity contribution in [1.82, 2.24) is 5.32 Å². The summed E-state index contributed by atoms with van der Waals surface area (Å²) >= 11 is 0. The van der Waals surface area contributed by atoms with Gasteiger partial charge in [0.05, 0.1) is 0 Å². The first-order chi connectivity index (χ1) is 8.59. The highest BCUT2D eigenvalue weighted by molar-refractivity contribution is 5.66. The van der Waals surface area contributed by atoms with E-state index in [9.17, 15) is 4.79 Å². The number of aliphatic carboxylic acids is 1. The predicted octanol–water partition coefficient (Wildman–Crippen LogP) is 3.44. The molecule has 3 heteroatoms. The van der Waals surface area contributed by atoms with E-state index in [1.54, 1.807) is 0 Å². The zero-order chi connectivity index (χ0) is 13.4. The number of carboxylic acids is 1. The van der Waals surface area contributed by atoms with Gasteiger partial charge in [-0.1, -0.05) is 26.7 Å². The fourth-order valence-corrected chi connectivity index (χ4v) is 2.89. The molecular weight excluding hydrogens is 226 g/mol. The van der Waals surface area contributed by atoms with E-state index in [0.29, 0.717) is 12.5 Å². The van der Waals surface area contributed by atoms with Gasteiger partial charge in [0.15, 0.2) is 0 Å². The summed E-state index contributed by atoms with van der Waals surface area (Å²) in [5.74, 6) is 0.986. The summed E-state index contributed by atoms with van der Waals surface area (Å²) in [5.41, 5.74) is 0. The van der Waals surface area contributed by atoms with Crippen LogP contribution in [0.4, 0.5) is 0 Å². The van der Waals surface area contributed by atoms with E-state index in [2.05, 4.69) is 19.2 Å². The average molecular weight is 255 g/mol. The molecule has 0 aliphatic heterocycles. The lowest BCUT2D eigenvalue weighted by Crippen LogP contribution is -2.33. The molecule has 0 spiro atoms. The van der Waals surface area contributed by atoms with Gasteiger partial charge < -0.3 is 10.4 Å². The van der Waals surface area contributed by atoms with E-state index in [1.165, 1.54) is 32.1 Å². The molecule has 1 aliphatic rings. The molecule has 2 unspecified atom stereocenters. The highest BCUT2D eigenvalue weighted by atomic mass is 16.4. The van der Waals surface area contributed by atoms with Gasteiger partial charge >= 0.3 is 5.97 Å². The van der Waals surface area contributed by atoms with Crippen LogP contribution in [-0.4, -0.2) is 23.7 Å². The second-order valence-electron chi connectivity index (χ2n) is 6.07. The van der Waals surface area contributed by atoms with Crippen molar-refractivity contribution >= 4 is 5.97 Å². The number of nitrogens with one attached hydrogen (secondary N) is 1. The Morgan fingerprint density at radius 2 is 2.11 bits per heavy atom. The highest BCUT2D eigenvalue weighted by Crippen LogP contribution is 2.30. The molecule has 3 nitrogen and oxygen atoms in total. The first-order valence-electron chi connectivity index (χ1n) is 7.54. The van der Waals surface area contributed by atoms with E-state index in [0.717, 1.165) is 31.2 Å². The third-order valence-electron chi connectivity index (χ3n) is 4.00. The largest absolute Gasteiger partial charge is 0.481 e. The van der Waals surface area contributed by atoms with Crippen LogP contribution in [0.15, 0.2) is 0 Å². The van der Waals surface area contributed by atoms with Crippen LogP contribution in [0.25, 0.3) is 0 Å². The quantitative estimate of drug-likeness (QED) is 0.621. The smallest absolute Gasteiger partial charge is 0.303 e. The molecule has 2 N–H and O–H groups in total. The maximum atomic E-state index is 10.4. The van der Waals surface area contributed by atoms with Crippen molar-refractivity contribution < 1.29 is 9.90 Å². The minimum atomic E-state index is -0.675. The van der Waals surface area contributed by atoms with Crippen LogP contribution in [0, 0.1) is 11.8 Å². The van der Waals surface area contributed by atoms with Crippen LogP contribution in [0.2, 0.25) is 0 Å². The molecule has 1 saturated carbocycles. The average Bonchev–Trinajstić information content (AvgIpc) is 2.73. The molecule has 0 aromatic carbocycles. The molecule has 0 bridgehead atoms. The van der Waals surface area contributed by atoms with Crippen molar-refractivity contribution in [1.29, 1.82) is 0 Å². The second kappa shape index (κ2) is 8.52. The third-order valence-corrected chi connectivity index (χ3v) is 4.00. The van der Waals surface area contributed by atoms with Gasteiger partial charge in [-0.25, -0.2) is 0 Å². The number of hydrogen-bond donors (Lipinski definition) is 2. The van der Waals surface area contributed by atoms with Gasteiger partial charge in [0.2, 0.25) is 0 Å². The Hall–Kier alpha value is -0.570. The van der Waals surface area contributed by atoms with Crippen molar-refractivity contribution in [2.75, 3.05) is 6.54 Å². The Morgan fingerprint density at radius 1 is 1.33 bits per heavy atom. The minimum absolute atomic E-state index is 0.309. The summed E-state index contributed by atoms with van der Waals surface area (Å²) in [7, 11) is 0. The Bertz CT molecular complexity index is 241. The summed E-state index contributed by atoms with van der Waals surface area (Å²) < 4.78 is 0. The standard InChI is InChI=1S/C15H29NO2/c1-12(2)9-10-13-6-5-7-14(13)16-11-4-3-8-15(17)18/h12-14,16H,3-11H2,1-2H3,(H,17,18). The second-order valence-corrected chi connectivity index (χ2v) is 6.07. The Labute approximate surface area is 111 Å². The molecule has 1 aliphatic carbocycles. The van der Waals surface area contributed by atoms with Gasteiger partial charge in [-0.15, -0.1) is 0 Å². The molecule has 0 amide bonds. The Morgan fingerprint density at radius 3 is 2.78 bits per heavy atom. The summed E-state index contributed by atoms with van der Waals surface area (Å²) in [6, 6.07) is 0.688. The zero-order valence-corrected chi connectivity index (χ0v) is 12.0. The van der Waals surface area contributed by atoms with Gasteiger partial charge in [0, 0.05) is 12.5 Å². The van der Waals surface area contributed by atoms with Crippen LogP contribution in [0.5, 0.6) is 0 Å². The molecule has 0 saturated heterocycles. The SMILES string of the molecule is CC(C)CCC1CCCC1NCCCCC(=O)O. The van der Waals surface area contributed by atoms with Crippen molar-refractivity contribution in [3.05, 3.63) is 0 Å². The van der Waals surface area contributed by atoms with E-state index in [4.69, 9.17) is 5.11 Å². The molecule has 18 heavy (non-hydrogen) atoms. The topological polar surface area (TPSA) is 49.3 Å². The molecule has 1 fully saturated rings. The van der Waals surface area contributed by atoms with Crippen LogP contribution in [0.3, 0.4) is 0 Å². The monoisotopic (exact) mass is 255 g/mol. The van der Waals surface area contributed by atoms with Crippen LogP contribution in [-0.2, 0) is 4.79 Å². The van der Waals surface area contributed by atoms with Gasteiger partial charge in [0.25, 0.3) is 0 Å². The van der Waals surface area contributed by atoms with Crippen molar-refractivity contribution in [3.63, 3.8) is 0 Å². The fourth-order valence-electron chi connectivity index (χ4n) is 2.89. The number of unbranched alkanes of at least 4 members (excludes halogenated alkanes) is 1. The van der Waals surface area contributed by atoms with Gasteiger partial charge in [0.1, 0.15) is 0 Å². The molecule has 1 rings (SSSR count). The van der Waals surface area contributed by atoms with Gasteiger partial charge in [-0.3, -0.25) is 4.79 Å². The molecule has 106 valence electrons. The molecule has 0 heterocycles. The normalized spacial score (nSPS) is 23.7. The Kier molecular flexibility index (Phi) is 7.33. The van der Waals surface area contributed by atoms with Gasteiger partial charge in [-0.2, -0.15) is 0 Å². The molecule has 2 atom stereocenters. The van der Waals surface area contributed by atoms with E-state index in [-0.39, 0.29) is 0 Å². The molecule has 0 radical (unpaired) electrons. The van der Waals surface area contributed by atoms with E-state index in [1.807, 2.05) is 0 Å². The molecule has 0 aromatic rings. The summed E-state index contributed by atoms with van der Waals surface area (Å²) in [5, 5.41) is 12.2. The highest BCUT2D eigenvalue weighted by Gasteiger charge is 2.26. The summed E-state index contributed by atoms with van der Waals surface area (Å²) in [6.07, 6.45) is 8.82. The van der Waals surface area contributed by atoms with Crippen LogP contribution in [0.1, 0.15) is 65.2 Å². The lowest BCUT2D eigenvalue weighted by Gasteiger charge is -2.21. The number of carboxylic acid groups (broad SMARTS) is 1. The van der Waals surface area contributed by atoms with Crippen molar-refractivity contribution in [2.45, 2.75) is 71.3 Å². The van der Waals surface area contributed by atoms with Crippen LogP contribution < -0.4 is 5.32 Å². The van der Waals surface area contributed by atoms with Gasteiger partial charge in [-0.05, 0) is 50.5 Å². The van der Waals surface area contributed by atoms with E-state index >= 15 is 0 Å². The maximum Gasteiger partial charge on any atom is 0.303 e. The summed E-state index contributed by atoms with van der Waals surface area (Å²) in [4.78, 5) is 10.4. The number of rotatable bonds is 9. The maximum absolute atomic E-state index is 10.4.